The van der Waals surface area contributed by atoms with Crippen LogP contribution < -0.4 is 26.4 Å². The van der Waals surface area contributed by atoms with Crippen molar-refractivity contribution in [3.8, 4) is 0 Å². The summed E-state index contributed by atoms with van der Waals surface area (Å²) in [6.07, 6.45) is 0.910. The van der Waals surface area contributed by atoms with Gasteiger partial charge in [-0.3, -0.25) is 29.0 Å². The molecule has 1 atom stereocenters. The fourth-order valence-electron chi connectivity index (χ4n) is 4.39. The van der Waals surface area contributed by atoms with Crippen LogP contribution in [-0.2, 0) is 23.9 Å². The number of benzene rings is 1. The van der Waals surface area contributed by atoms with Gasteiger partial charge in [0.05, 0.1) is 24.0 Å². The first-order valence-corrected chi connectivity index (χ1v) is 11.8. The zero-order valence-electron chi connectivity index (χ0n) is 20.1. The van der Waals surface area contributed by atoms with Crippen LogP contribution in [0.2, 0.25) is 0 Å². The molecule has 1 fully saturated rings. The van der Waals surface area contributed by atoms with Gasteiger partial charge in [0.15, 0.2) is 0 Å². The van der Waals surface area contributed by atoms with Crippen LogP contribution >= 0.6 is 0 Å². The van der Waals surface area contributed by atoms with Crippen LogP contribution in [0.1, 0.15) is 44.6 Å². The number of hydrogen-bond donors (Lipinski definition) is 4. The highest BCUT2D eigenvalue weighted by Crippen LogP contribution is 2.31. The molecule has 2 aliphatic rings. The molecule has 2 aromatic rings. The number of H-pyrrole nitrogens is 1. The van der Waals surface area contributed by atoms with E-state index in [4.69, 9.17) is 4.74 Å². The van der Waals surface area contributed by atoms with Crippen LogP contribution in [0.3, 0.4) is 0 Å². The number of esters is 1. The van der Waals surface area contributed by atoms with E-state index in [0.29, 0.717) is 43.9 Å². The van der Waals surface area contributed by atoms with E-state index in [1.807, 2.05) is 4.90 Å². The van der Waals surface area contributed by atoms with E-state index in [0.717, 1.165) is 0 Å². The first-order valence-electron chi connectivity index (χ1n) is 11.8. The lowest BCUT2D eigenvalue weighted by molar-refractivity contribution is -0.148. The van der Waals surface area contributed by atoms with Crippen LogP contribution in [-0.4, -0.2) is 53.4 Å². The molecule has 3 amide bonds. The quantitative estimate of drug-likeness (QED) is 0.438. The lowest BCUT2D eigenvalue weighted by atomic mass is 9.92. The van der Waals surface area contributed by atoms with E-state index >= 15 is 0 Å². The molecule has 0 aliphatic carbocycles. The van der Waals surface area contributed by atoms with Crippen molar-refractivity contribution in [3.05, 3.63) is 40.2 Å². The van der Waals surface area contributed by atoms with Gasteiger partial charge in [0.1, 0.15) is 5.82 Å². The van der Waals surface area contributed by atoms with Gasteiger partial charge in [0.25, 0.3) is 5.56 Å². The third kappa shape index (κ3) is 5.53. The van der Waals surface area contributed by atoms with Crippen LogP contribution in [0, 0.1) is 5.92 Å². The molecule has 0 unspecified atom stereocenters. The van der Waals surface area contributed by atoms with Crippen molar-refractivity contribution in [2.24, 2.45) is 5.92 Å². The van der Waals surface area contributed by atoms with Crippen LogP contribution in [0.5, 0.6) is 0 Å². The SMILES string of the molecule is CCOC(=O)C1CCN(c2nc3c(c(=O)[nH]2)[C@@H](C(=O)Nc2ccc(NC(C)=O)cc2)CC(=O)N3)CC1. The third-order valence-electron chi connectivity index (χ3n) is 6.14. The van der Waals surface area contributed by atoms with E-state index in [1.54, 1.807) is 31.2 Å². The maximum atomic E-state index is 13.0. The van der Waals surface area contributed by atoms with Gasteiger partial charge in [-0.05, 0) is 44.0 Å². The first kappa shape index (κ1) is 24.9. The number of hydrogen-bond acceptors (Lipinski definition) is 8. The van der Waals surface area contributed by atoms with E-state index in [2.05, 4.69) is 25.9 Å². The molecule has 1 saturated heterocycles. The molecule has 3 heterocycles. The minimum atomic E-state index is -1.02. The smallest absolute Gasteiger partial charge is 0.309 e. The Kier molecular flexibility index (Phi) is 7.32. The fourth-order valence-corrected chi connectivity index (χ4v) is 4.39. The van der Waals surface area contributed by atoms with Gasteiger partial charge in [0, 0.05) is 37.8 Å². The Hall–Kier alpha value is -4.22. The molecular weight excluding hydrogens is 468 g/mol. The third-order valence-corrected chi connectivity index (χ3v) is 6.14. The predicted molar refractivity (Wildman–Crippen MR) is 132 cm³/mol. The van der Waals surface area contributed by atoms with Crippen molar-refractivity contribution in [2.45, 2.75) is 39.0 Å². The van der Waals surface area contributed by atoms with Crippen LogP contribution in [0.4, 0.5) is 23.1 Å². The average Bonchev–Trinajstić information content (AvgIpc) is 2.84. The van der Waals surface area contributed by atoms with E-state index in [1.165, 1.54) is 6.92 Å². The fraction of sp³-hybridized carbons (Fsp3) is 0.417. The second kappa shape index (κ2) is 10.6. The number of fused-ring (bicyclic) bond motifs is 1. The highest BCUT2D eigenvalue weighted by molar-refractivity contribution is 6.04. The van der Waals surface area contributed by atoms with Crippen molar-refractivity contribution in [1.82, 2.24) is 9.97 Å². The summed E-state index contributed by atoms with van der Waals surface area (Å²) < 4.78 is 5.09. The Bertz CT molecular complexity index is 1230. The number of rotatable bonds is 6. The van der Waals surface area contributed by atoms with Crippen molar-refractivity contribution in [1.29, 1.82) is 0 Å². The minimum Gasteiger partial charge on any atom is -0.466 e. The Morgan fingerprint density at radius 1 is 1.08 bits per heavy atom. The predicted octanol–water partition coefficient (Wildman–Crippen LogP) is 1.57. The molecule has 1 aromatic heterocycles. The number of aromatic amines is 1. The monoisotopic (exact) mass is 496 g/mol. The van der Waals surface area contributed by atoms with Crippen LogP contribution in [0.25, 0.3) is 0 Å². The number of nitrogens with one attached hydrogen (secondary N) is 4. The molecule has 0 radical (unpaired) electrons. The molecule has 12 heteroatoms. The largest absolute Gasteiger partial charge is 0.466 e. The topological polar surface area (TPSA) is 163 Å². The summed E-state index contributed by atoms with van der Waals surface area (Å²) >= 11 is 0. The second-order valence-electron chi connectivity index (χ2n) is 8.72. The summed E-state index contributed by atoms with van der Waals surface area (Å²) in [6.45, 7) is 4.45. The van der Waals surface area contributed by atoms with Gasteiger partial charge in [-0.2, -0.15) is 4.98 Å². The summed E-state index contributed by atoms with van der Waals surface area (Å²) in [5, 5.41) is 7.96. The van der Waals surface area contributed by atoms with Gasteiger partial charge >= 0.3 is 5.97 Å². The Morgan fingerprint density at radius 2 is 1.72 bits per heavy atom. The molecule has 12 nitrogen and oxygen atoms in total. The highest BCUT2D eigenvalue weighted by atomic mass is 16.5. The molecule has 36 heavy (non-hydrogen) atoms. The molecular formula is C24H28N6O6. The molecule has 190 valence electrons. The molecule has 0 bridgehead atoms. The minimum absolute atomic E-state index is 0.0543. The van der Waals surface area contributed by atoms with Gasteiger partial charge < -0.3 is 25.6 Å². The molecule has 2 aliphatic heterocycles. The van der Waals surface area contributed by atoms with Gasteiger partial charge in [-0.25, -0.2) is 0 Å². The summed E-state index contributed by atoms with van der Waals surface area (Å²) in [5.74, 6) is -2.28. The van der Waals surface area contributed by atoms with Crippen LogP contribution in [0.15, 0.2) is 29.1 Å². The number of anilines is 4. The molecule has 4 N–H and O–H groups in total. The van der Waals surface area contributed by atoms with Crippen molar-refractivity contribution < 1.29 is 23.9 Å². The number of aromatic nitrogens is 2. The number of carbonyl (C=O) groups is 4. The second-order valence-corrected chi connectivity index (χ2v) is 8.72. The van der Waals surface area contributed by atoms with Gasteiger partial charge in [-0.15, -0.1) is 0 Å². The number of piperidine rings is 1. The Labute approximate surface area is 206 Å². The Balaban J connectivity index is 1.50. The number of ether oxygens (including phenoxy) is 1. The Morgan fingerprint density at radius 3 is 2.33 bits per heavy atom. The molecule has 0 saturated carbocycles. The first-order chi connectivity index (χ1) is 17.2. The summed E-state index contributed by atoms with van der Waals surface area (Å²) in [7, 11) is 0. The number of amides is 3. The van der Waals surface area contributed by atoms with Crippen molar-refractivity contribution in [2.75, 3.05) is 40.5 Å². The van der Waals surface area contributed by atoms with Crippen molar-refractivity contribution >= 4 is 46.8 Å². The molecule has 0 spiro atoms. The molecule has 1 aromatic carbocycles. The summed E-state index contributed by atoms with van der Waals surface area (Å²) in [4.78, 5) is 70.6. The maximum Gasteiger partial charge on any atom is 0.309 e. The highest BCUT2D eigenvalue weighted by Gasteiger charge is 2.36. The summed E-state index contributed by atoms with van der Waals surface area (Å²) in [6, 6.07) is 6.48. The van der Waals surface area contributed by atoms with E-state index < -0.39 is 23.3 Å². The lowest BCUT2D eigenvalue weighted by Crippen LogP contribution is -2.41. The van der Waals surface area contributed by atoms with E-state index in [9.17, 15) is 24.0 Å². The normalized spacial score (nSPS) is 17.6. The number of nitrogens with zero attached hydrogens (tertiary/aromatic N) is 2. The standard InChI is InChI=1S/C24H28N6O6/c1-3-36-23(35)14-8-10-30(11-9-14)24-28-20-19(22(34)29-24)17(12-18(32)27-20)21(33)26-16-6-4-15(5-7-16)25-13(2)31/h4-7,14,17H,3,8-12H2,1-2H3,(H,25,31)(H,26,33)(H2,27,28,29,32,34)/t17-/m0/s1. The molecule has 4 rings (SSSR count). The zero-order valence-corrected chi connectivity index (χ0v) is 20.1. The van der Waals surface area contributed by atoms with E-state index in [-0.39, 0.29) is 41.5 Å². The number of carbonyl (C=O) groups excluding carboxylic acids is 4. The zero-order chi connectivity index (χ0) is 25.8. The summed E-state index contributed by atoms with van der Waals surface area (Å²) in [5.41, 5.74) is 0.602. The van der Waals surface area contributed by atoms with Gasteiger partial charge in [-0.1, -0.05) is 0 Å². The van der Waals surface area contributed by atoms with Gasteiger partial charge in [0.2, 0.25) is 23.7 Å². The average molecular weight is 497 g/mol. The maximum absolute atomic E-state index is 13.0. The lowest BCUT2D eigenvalue weighted by Gasteiger charge is -2.32. The van der Waals surface area contributed by atoms with Crippen molar-refractivity contribution in [3.63, 3.8) is 0 Å².